The molecule has 88 fully saturated rings. The zero-order chi connectivity index (χ0) is 75.5. The molecular weight excluding hydrogens is 1610 g/mol. The molecule has 108 unspecified atom stereocenters. The molecular formula is C134H92. The van der Waals surface area contributed by atoms with Gasteiger partial charge in [-0.15, -0.1) is 0 Å². The summed E-state index contributed by atoms with van der Waals surface area (Å²) in [5.41, 5.74) is 69.1. The molecule has 88 saturated carbocycles. The largest absolute Gasteiger partial charge is 0.0530 e. The summed E-state index contributed by atoms with van der Waals surface area (Å²) in [6, 6.07) is 0. The average molecular weight is 1700 g/mol. The maximum atomic E-state index is 2.27. The van der Waals surface area contributed by atoms with Crippen LogP contribution in [0.25, 0.3) is 0 Å². The van der Waals surface area contributed by atoms with Crippen LogP contribution in [-0.2, 0) is 0 Å². The highest BCUT2D eigenvalue weighted by molar-refractivity contribution is 6.79. The first-order valence-electron chi connectivity index (χ1n) is 66.1. The lowest BCUT2D eigenvalue weighted by molar-refractivity contribution is -1.10. The maximum Gasteiger partial charge on any atom is -0.000382 e. The quantitative estimate of drug-likeness (QED) is 0.227. The summed E-state index contributed by atoms with van der Waals surface area (Å²) in [7, 11) is 0. The van der Waals surface area contributed by atoms with Gasteiger partial charge in [0.25, 0.3) is 0 Å². The van der Waals surface area contributed by atoms with Crippen LogP contribution in [0.3, 0.4) is 0 Å². The predicted octanol–water partition coefficient (Wildman–Crippen LogP) is 17.2. The van der Waals surface area contributed by atoms with E-state index in [9.17, 15) is 0 Å². The Kier molecular flexibility index (Phi) is 2.71. The summed E-state index contributed by atoms with van der Waals surface area (Å²) in [4.78, 5) is 0. The molecule has 0 aromatic heterocycles. The number of hydrogen-bond acceptors (Lipinski definition) is 0. The lowest BCUT2D eigenvalue weighted by atomic mass is 8.28. The topological polar surface area (TPSA) is 0 Å². The molecule has 0 aromatic rings. The van der Waals surface area contributed by atoms with Crippen molar-refractivity contribution in [1.82, 2.24) is 0 Å². The molecule has 0 amide bonds. The van der Waals surface area contributed by atoms with Crippen molar-refractivity contribution in [3.63, 3.8) is 0 Å². The van der Waals surface area contributed by atoms with Gasteiger partial charge in [0, 0.05) is 0 Å². The number of fused-ring (bicyclic) bond motifs is 29. The Morgan fingerprint density at radius 3 is 1.18 bits per heavy atom. The molecule has 0 aliphatic heterocycles. The molecule has 628 valence electrons. The van der Waals surface area contributed by atoms with E-state index in [-0.39, 0.29) is 0 Å². The molecule has 88 rings (SSSR count). The van der Waals surface area contributed by atoms with E-state index in [1.54, 1.807) is 19.3 Å². The van der Waals surface area contributed by atoms with E-state index in [0.29, 0.717) is 0 Å². The molecule has 0 heteroatoms. The number of hydrogen-bond donors (Lipinski definition) is 0. The molecule has 0 saturated heterocycles. The van der Waals surface area contributed by atoms with Crippen molar-refractivity contribution < 1.29 is 0 Å². The van der Waals surface area contributed by atoms with Gasteiger partial charge in [-0.25, -0.2) is 0 Å². The molecule has 88 aliphatic carbocycles. The third-order valence-corrected chi connectivity index (χ3v) is 113. The predicted molar refractivity (Wildman–Crippen MR) is 446 cm³/mol. The first-order chi connectivity index (χ1) is 66.1. The van der Waals surface area contributed by atoms with Crippen LogP contribution in [0.4, 0.5) is 0 Å². The van der Waals surface area contributed by atoms with E-state index in [1.165, 1.54) is 237 Å². The van der Waals surface area contributed by atoms with Crippen molar-refractivity contribution in [2.75, 3.05) is 0 Å². The Hall–Kier alpha value is 0. The Morgan fingerprint density at radius 1 is 0.164 bits per heavy atom. The number of rotatable bonds is 0. The Balaban J connectivity index is 0.511. The molecule has 0 nitrogen and oxygen atoms in total. The van der Waals surface area contributed by atoms with E-state index in [2.05, 4.69) is 89.9 Å². The van der Waals surface area contributed by atoms with Crippen molar-refractivity contribution in [1.29, 1.82) is 0 Å². The molecule has 68 spiro atoms. The second-order valence-corrected chi connectivity index (χ2v) is 86.1. The Morgan fingerprint density at radius 2 is 0.545 bits per heavy atom. The smallest absolute Gasteiger partial charge is 0.000382 e. The van der Waals surface area contributed by atoms with Gasteiger partial charge < -0.3 is 0 Å². The van der Waals surface area contributed by atoms with Crippen LogP contribution >= 0.6 is 0 Å². The molecule has 23 bridgehead atoms. The van der Waals surface area contributed by atoms with E-state index < -0.39 is 0 Å². The normalized spacial score (nSPS) is 134. The molecule has 0 N–H and O–H groups in total. The van der Waals surface area contributed by atoms with Gasteiger partial charge in [-0.1, -0.05) is 25.7 Å². The summed E-state index contributed by atoms with van der Waals surface area (Å²) in [5.74, 6) is 54.8. The van der Waals surface area contributed by atoms with Gasteiger partial charge in [0.05, 0.1) is 0 Å². The van der Waals surface area contributed by atoms with Gasteiger partial charge >= 0.3 is 0 Å². The van der Waals surface area contributed by atoms with Crippen molar-refractivity contribution in [3.8, 4) is 0 Å². The highest BCUT2D eigenvalue weighted by Gasteiger charge is 3.80. The lowest BCUT2D eigenvalue weighted by Gasteiger charge is -3.73. The molecule has 108 atom stereocenters. The summed E-state index contributed by atoms with van der Waals surface area (Å²) in [6.45, 7) is 0. The standard InChI is InChI=1S/C134H92/c1-2-4-30-39-54-53-38-28(3-1)7-27-5-6-31-41-48-42-32-10-33-43-49-51-52-50-44-34-8-29-9-35-45-46-36-11-37-47-56-58-61-64-65-63-59-62-60-57-55-40(30)94(39)99(54)96(53)81(38)14-67(31,12-27)72(41)18-85(81)88-22-76(48,72)73(42)19-86(88)82-15-68(32,73)13-69(33)16-83-66(82)111-112(82)116(86)118(88)115(85,96)124(99)100(55,94)102(57)105(60)106(62)103(59)107(63)109(65)110(64)108(61)104(58)101(56)98(47)93(36,37)97(46)95(45)71(35)17-70(29,34)75(44)21-84(71)89-24-78(50,75)80(52)26-91(89)92-25-79(51,80)77(49)23-90(92)87(83,20-74(43,69)77)117-113(83,111)127(107,125(103,111)126(106,112)130(105,116)129(102,118)124)131(109,117)133(110)120(90,117)122(92)121(91)119(89)114(84,95)123(97,98)128(101,119)132(104,121)134(108,122)133/h27-66H,1-26H2. The van der Waals surface area contributed by atoms with Gasteiger partial charge in [0.15, 0.2) is 0 Å². The minimum atomic E-state index is 0.870. The maximum absolute atomic E-state index is 2.27. The van der Waals surface area contributed by atoms with E-state index in [1.807, 2.05) is 57.8 Å². The van der Waals surface area contributed by atoms with E-state index in [4.69, 9.17) is 0 Å². The highest BCUT2D eigenvalue weighted by Crippen LogP contribution is 3.85. The highest BCUT2D eigenvalue weighted by atomic mass is 15.8. The first-order valence-corrected chi connectivity index (χ1v) is 66.1. The van der Waals surface area contributed by atoms with Crippen molar-refractivity contribution in [2.45, 2.75) is 167 Å². The van der Waals surface area contributed by atoms with Gasteiger partial charge in [0.1, 0.15) is 0 Å². The first kappa shape index (κ1) is 48.1. The van der Waals surface area contributed by atoms with Gasteiger partial charge in [-0.2, -0.15) is 0 Å². The van der Waals surface area contributed by atoms with Gasteiger partial charge in [-0.05, 0) is 746 Å². The van der Waals surface area contributed by atoms with Crippen LogP contribution in [0.2, 0.25) is 0 Å². The average Bonchev–Trinajstić information content (AvgIpc) is 0.406. The molecule has 0 heterocycles. The molecule has 134 heavy (non-hydrogen) atoms. The lowest BCUT2D eigenvalue weighted by Crippen LogP contribution is -3.69. The van der Waals surface area contributed by atoms with Gasteiger partial charge in [0.2, 0.25) is 0 Å². The van der Waals surface area contributed by atoms with Gasteiger partial charge in [-0.3, -0.25) is 0 Å². The van der Waals surface area contributed by atoms with Crippen molar-refractivity contribution in [2.24, 2.45) is 464 Å². The van der Waals surface area contributed by atoms with Crippen LogP contribution in [-0.4, -0.2) is 0 Å². The third kappa shape index (κ3) is 1.15. The van der Waals surface area contributed by atoms with Crippen LogP contribution in [0.5, 0.6) is 0 Å². The third-order valence-electron chi connectivity index (χ3n) is 113. The minimum absolute atomic E-state index is 0.870. The molecule has 88 aliphatic rings. The molecule has 0 aromatic carbocycles. The Bertz CT molecular complexity index is 10100. The van der Waals surface area contributed by atoms with Crippen LogP contribution in [0.1, 0.15) is 167 Å². The zero-order valence-electron chi connectivity index (χ0n) is 75.5. The van der Waals surface area contributed by atoms with Crippen LogP contribution < -0.4 is 0 Å². The minimum Gasteiger partial charge on any atom is -0.0530 e. The fraction of sp³-hybridized carbons (Fsp3) is 1.00. The fourth-order valence-corrected chi connectivity index (χ4v) is 143. The summed E-state index contributed by atoms with van der Waals surface area (Å²) in [6.07, 6.45) is 53.4. The summed E-state index contributed by atoms with van der Waals surface area (Å²) in [5, 5.41) is 0. The van der Waals surface area contributed by atoms with E-state index >= 15 is 0 Å². The Labute approximate surface area is 766 Å². The second kappa shape index (κ2) is 7.55. The van der Waals surface area contributed by atoms with Crippen molar-refractivity contribution >= 4 is 0 Å². The van der Waals surface area contributed by atoms with Crippen LogP contribution in [0, 0.1) is 605 Å². The SMILES string of the molecule is C1CCC2C3C4C5C6C(C1)CC1CCC7C8C9C%10C%11CC%12C%13C%14C%15C%16C%17C%18C%19CC%20CC%21C%22C%23C%24CC%25C%26C%27C%28C%29C%30C%31C%32C%33C%34C%35C%36C%37C2C32C43C54C65CC7(C1)C81CC56C57CC91C%101CC58C59CC%111CC%121CC%10%11C5C5%12C9%38C89C78C64C34C%372C%362C%353C%346C%337C%32%33C%31%32C%30%31C%29%30C%28%29C%27%28C%26%27C%24%25C%23%24C%22%23C%21%22CC%20%19C%18%19CC%22%18C%20%21CC%17%19C%16%17CC%20%16C%19%20CC%15%17C%14%15CC%19%14C%10(CC%131%15)C1%10C%115C%33(C7%12C6%38C39C248)C%321C%311C%14%10C%202C%163C%214C%18%23C%24%27C%284C%293C%3021. The second-order valence-electron chi connectivity index (χ2n) is 86.1. The van der Waals surface area contributed by atoms with E-state index in [0.717, 1.165) is 368 Å². The summed E-state index contributed by atoms with van der Waals surface area (Å²) >= 11 is 0. The van der Waals surface area contributed by atoms with Crippen LogP contribution in [0.15, 0.2) is 0 Å². The monoisotopic (exact) mass is 1700 g/mol. The fourth-order valence-electron chi connectivity index (χ4n) is 143. The summed E-state index contributed by atoms with van der Waals surface area (Å²) < 4.78 is 0. The van der Waals surface area contributed by atoms with Crippen molar-refractivity contribution in [3.05, 3.63) is 141 Å². The zero-order valence-corrected chi connectivity index (χ0v) is 75.5. The molecule has 0 radical (unpaired) electrons.